The molecule has 0 fully saturated rings. The van der Waals surface area contributed by atoms with Gasteiger partial charge in [0.1, 0.15) is 58.4 Å². The van der Waals surface area contributed by atoms with E-state index >= 15 is 35.1 Å². The van der Waals surface area contributed by atoms with Crippen LogP contribution in [0.25, 0.3) is 0 Å². The molecule has 0 aliphatic rings. The Hall–Kier alpha value is -5.28. The largest absolute Gasteiger partial charge is 0.305 e. The van der Waals surface area contributed by atoms with Gasteiger partial charge >= 0.3 is 0 Å². The van der Waals surface area contributed by atoms with E-state index < -0.39 is 144 Å². The van der Waals surface area contributed by atoms with E-state index in [1.807, 2.05) is 0 Å². The normalized spacial score (nSPS) is 12.1. The van der Waals surface area contributed by atoms with Crippen molar-refractivity contribution < 1.29 is 92.7 Å². The highest BCUT2D eigenvalue weighted by Crippen LogP contribution is 2.31. The number of nitrogens with one attached hydrogen (secondary N) is 1. The van der Waals surface area contributed by atoms with Crippen LogP contribution in [0.4, 0.5) is 93.5 Å². The van der Waals surface area contributed by atoms with Crippen LogP contribution in [0.1, 0.15) is 193 Å². The van der Waals surface area contributed by atoms with Gasteiger partial charge in [-0.15, -0.1) is 21.9 Å². The van der Waals surface area contributed by atoms with Crippen LogP contribution in [0.15, 0.2) is 24.3 Å². The van der Waals surface area contributed by atoms with Gasteiger partial charge in [-0.05, 0) is 43.4 Å². The molecule has 0 bridgehead atoms. The third kappa shape index (κ3) is 17.2. The van der Waals surface area contributed by atoms with Crippen molar-refractivity contribution in [2.24, 2.45) is 0 Å². The number of hydrogen-bond donors (Lipinski definition) is 1. The first-order valence-electron chi connectivity index (χ1n) is 29.1. The number of hydrogen-bond acceptors (Lipinski definition) is 0. The van der Waals surface area contributed by atoms with Crippen molar-refractivity contribution in [2.75, 3.05) is 13.6 Å². The first-order chi connectivity index (χ1) is 40.0. The fourth-order valence-corrected chi connectivity index (χ4v) is 10.9. The number of rotatable bonds is 34. The van der Waals surface area contributed by atoms with Gasteiger partial charge in [0.15, 0.2) is 69.8 Å². The monoisotopic (exact) mass is 1220 g/mol. The lowest BCUT2D eigenvalue weighted by Crippen LogP contribution is -3.03. The lowest BCUT2D eigenvalue weighted by molar-refractivity contribution is -0.810. The van der Waals surface area contributed by atoms with Crippen molar-refractivity contribution in [1.29, 1.82) is 0 Å². The average molecular weight is 1220 g/mol. The molecule has 0 aliphatic carbocycles. The summed E-state index contributed by atoms with van der Waals surface area (Å²) >= 11 is 0. The molecule has 5 rings (SSSR count). The lowest BCUT2D eigenvalue weighted by atomic mass is 9.12. The van der Waals surface area contributed by atoms with E-state index in [1.54, 1.807) is 4.90 Å². The molecule has 0 heterocycles. The maximum atomic E-state index is 15.4. The van der Waals surface area contributed by atoms with Crippen molar-refractivity contribution in [2.45, 2.75) is 194 Å². The minimum atomic E-state index is -7.22. The van der Waals surface area contributed by atoms with Crippen LogP contribution >= 0.6 is 0 Å². The lowest BCUT2D eigenvalue weighted by Gasteiger charge is -2.44. The zero-order chi connectivity index (χ0) is 62.4. The summed E-state index contributed by atoms with van der Waals surface area (Å²) in [6, 6.07) is 9.55. The van der Waals surface area contributed by atoms with E-state index in [0.29, 0.717) is 0 Å². The Bertz CT molecular complexity index is 2520. The van der Waals surface area contributed by atoms with E-state index in [2.05, 4.69) is 45.2 Å². The minimum Gasteiger partial charge on any atom is -0.305 e. The Morgan fingerprint density at radius 3 is 0.667 bits per heavy atom. The minimum absolute atomic E-state index is 1.26. The molecule has 0 saturated heterocycles. The molecule has 84 heavy (non-hydrogen) atoms. The highest BCUT2D eigenvalue weighted by molar-refractivity contribution is 7.20. The molecule has 1 N–H and O–H groups in total. The summed E-state index contributed by atoms with van der Waals surface area (Å²) in [5, 5.41) is 0. The summed E-state index contributed by atoms with van der Waals surface area (Å²) in [5.74, 6) is -71.4. The van der Waals surface area contributed by atoms with Crippen LogP contribution in [0, 0.1) is 116 Å². The zero-order valence-electron chi connectivity index (χ0n) is 47.5. The third-order valence-corrected chi connectivity index (χ3v) is 15.6. The van der Waals surface area contributed by atoms with Gasteiger partial charge in [-0.1, -0.05) is 180 Å². The summed E-state index contributed by atoms with van der Waals surface area (Å²) in [5.41, 5.74) is -11.3. The van der Waals surface area contributed by atoms with E-state index in [4.69, 9.17) is 0 Å². The molecule has 22 heteroatoms. The Kier molecular flexibility index (Phi) is 29.5. The average Bonchev–Trinajstić information content (AvgIpc) is 0.733. The van der Waals surface area contributed by atoms with Gasteiger partial charge in [0.05, 0.1) is 13.6 Å². The molecular formula is C62H72BF20N. The van der Waals surface area contributed by atoms with Gasteiger partial charge in [-0.3, -0.25) is 0 Å². The molecular weight excluding hydrogens is 1150 g/mol. The van der Waals surface area contributed by atoms with Crippen LogP contribution in [-0.4, -0.2) is 19.7 Å². The molecule has 0 aromatic heterocycles. The molecule has 0 radical (unpaired) electrons. The first-order valence-corrected chi connectivity index (χ1v) is 29.1. The standard InChI is InChI=1S/C38H71N.C24BF20/c1-4-6-8-10-12-14-16-17-18-19-20-21-22-23-25-27-29-31-37-32-34-38(35-33-37)39(3)36-30-28-26-24-15-13-11-9-7-5-2;26-5-1(6(27)14(35)21(42)13(5)34)25(2-7(28)15(36)22(43)16(37)8(2)29,3-9(30)17(38)23(44)18(39)10(3)31)4-11(32)19(40)24(45)20(41)12(4)33/h32-35H,4-31,36H2,1-3H3;/q;-1/p+1. The van der Waals surface area contributed by atoms with E-state index in [1.165, 1.54) is 198 Å². The number of unbranched alkanes of at least 4 members (excludes halogenated alkanes) is 25. The fourth-order valence-electron chi connectivity index (χ4n) is 10.9. The van der Waals surface area contributed by atoms with Crippen molar-refractivity contribution in [3.63, 3.8) is 0 Å². The van der Waals surface area contributed by atoms with Gasteiger partial charge in [0.2, 0.25) is 0 Å². The van der Waals surface area contributed by atoms with Crippen molar-refractivity contribution in [3.05, 3.63) is 146 Å². The van der Waals surface area contributed by atoms with E-state index in [9.17, 15) is 52.7 Å². The summed E-state index contributed by atoms with van der Waals surface area (Å²) in [7, 11) is 2.35. The molecule has 1 atom stereocenters. The number of benzene rings is 5. The maximum absolute atomic E-state index is 15.4. The Balaban J connectivity index is 0.000000365. The van der Waals surface area contributed by atoms with Crippen LogP contribution in [-0.2, 0) is 6.42 Å². The Morgan fingerprint density at radius 1 is 0.250 bits per heavy atom. The van der Waals surface area contributed by atoms with Crippen LogP contribution < -0.4 is 26.8 Å². The van der Waals surface area contributed by atoms with Crippen molar-refractivity contribution >= 4 is 33.7 Å². The third-order valence-electron chi connectivity index (χ3n) is 15.6. The summed E-state index contributed by atoms with van der Waals surface area (Å²) < 4.78 is 294. The second-order valence-electron chi connectivity index (χ2n) is 21.6. The Morgan fingerprint density at radius 2 is 0.440 bits per heavy atom. The maximum Gasteiger partial charge on any atom is 0.200 e. The van der Waals surface area contributed by atoms with Crippen LogP contribution in [0.2, 0.25) is 0 Å². The molecule has 468 valence electrons. The first kappa shape index (κ1) is 71.2. The number of halogens is 20. The van der Waals surface area contributed by atoms with Crippen molar-refractivity contribution in [3.8, 4) is 0 Å². The van der Waals surface area contributed by atoms with Crippen LogP contribution in [0.3, 0.4) is 0 Å². The number of quaternary nitrogens is 1. The molecule has 5 aromatic carbocycles. The SMILES string of the molecule is CCCCCCCCCCCCCCCCCCCc1ccc([NH+](C)CCCCCCCCCCCC)cc1.Fc1c(F)c(F)c([B-](c2c(F)c(F)c(F)c(F)c2F)(c2c(F)c(F)c(F)c(F)c2F)c2c(F)c(F)c(F)c(F)c2F)c(F)c1F. The Labute approximate surface area is 478 Å². The molecule has 0 amide bonds. The summed E-state index contributed by atoms with van der Waals surface area (Å²) in [6.07, 6.45) is 32.9. The predicted molar refractivity (Wildman–Crippen MR) is 287 cm³/mol. The highest BCUT2D eigenvalue weighted by atomic mass is 19.2. The quantitative estimate of drug-likeness (QED) is 0.0138. The molecule has 5 aromatic rings. The van der Waals surface area contributed by atoms with E-state index in [-0.39, 0.29) is 0 Å². The molecule has 0 spiro atoms. The highest BCUT2D eigenvalue weighted by Gasteiger charge is 2.52. The molecule has 1 nitrogen and oxygen atoms in total. The van der Waals surface area contributed by atoms with E-state index in [0.717, 1.165) is 0 Å². The zero-order valence-corrected chi connectivity index (χ0v) is 47.5. The topological polar surface area (TPSA) is 4.44 Å². The smallest absolute Gasteiger partial charge is 0.200 e. The molecule has 0 saturated carbocycles. The van der Waals surface area contributed by atoms with Gasteiger partial charge < -0.3 is 4.90 Å². The van der Waals surface area contributed by atoms with Crippen molar-refractivity contribution in [1.82, 2.24) is 0 Å². The second-order valence-corrected chi connectivity index (χ2v) is 21.6. The number of aryl methyl sites for hydroxylation is 1. The van der Waals surface area contributed by atoms with Gasteiger partial charge in [-0.25, -0.2) is 87.8 Å². The van der Waals surface area contributed by atoms with Gasteiger partial charge in [0.25, 0.3) is 0 Å². The second kappa shape index (κ2) is 34.8. The van der Waals surface area contributed by atoms with Gasteiger partial charge in [-0.2, -0.15) is 0 Å². The summed E-state index contributed by atoms with van der Waals surface area (Å²) in [4.78, 5) is 1.58. The van der Waals surface area contributed by atoms with Gasteiger partial charge in [0, 0.05) is 0 Å². The molecule has 1 unspecified atom stereocenters. The summed E-state index contributed by atoms with van der Waals surface area (Å²) in [6.45, 7) is 5.88. The van der Waals surface area contributed by atoms with Crippen LogP contribution in [0.5, 0.6) is 0 Å². The predicted octanol–water partition coefficient (Wildman–Crippen LogP) is 17.8. The fraction of sp³-hybridized carbons (Fsp3) is 0.516. The molecule has 0 aliphatic heterocycles.